The summed E-state index contributed by atoms with van der Waals surface area (Å²) in [6.45, 7) is -2.08. The lowest BCUT2D eigenvalue weighted by atomic mass is 10.2. The highest BCUT2D eigenvalue weighted by molar-refractivity contribution is 7.89. The van der Waals surface area contributed by atoms with Gasteiger partial charge in [-0.2, -0.15) is 8.78 Å². The Morgan fingerprint density at radius 2 is 2.00 bits per heavy atom. The van der Waals surface area contributed by atoms with Gasteiger partial charge in [-0.05, 0) is 6.92 Å². The van der Waals surface area contributed by atoms with E-state index in [9.17, 15) is 27.3 Å². The van der Waals surface area contributed by atoms with Crippen molar-refractivity contribution in [1.29, 1.82) is 0 Å². The number of non-ortho nitro benzene ring substituents is 1. The molecule has 0 saturated carbocycles. The quantitative estimate of drug-likeness (QED) is 0.657. The summed E-state index contributed by atoms with van der Waals surface area (Å²) in [6, 6.07) is 1.39. The molecule has 0 spiro atoms. The van der Waals surface area contributed by atoms with Gasteiger partial charge >= 0.3 is 6.61 Å². The summed E-state index contributed by atoms with van der Waals surface area (Å²) in [7, 11) is -4.28. The first kappa shape index (κ1) is 14.3. The van der Waals surface area contributed by atoms with Gasteiger partial charge in [-0.15, -0.1) is 0 Å². The van der Waals surface area contributed by atoms with Gasteiger partial charge in [-0.3, -0.25) is 10.1 Å². The van der Waals surface area contributed by atoms with E-state index in [0.29, 0.717) is 12.1 Å². The number of benzene rings is 1. The van der Waals surface area contributed by atoms with Crippen LogP contribution in [0, 0.1) is 17.0 Å². The molecule has 0 radical (unpaired) electrons. The topological polar surface area (TPSA) is 113 Å². The predicted molar refractivity (Wildman–Crippen MR) is 55.8 cm³/mol. The van der Waals surface area contributed by atoms with Crippen LogP contribution in [0.5, 0.6) is 5.75 Å². The fourth-order valence-electron chi connectivity index (χ4n) is 1.27. The number of alkyl halides is 2. The van der Waals surface area contributed by atoms with Gasteiger partial charge in [0.05, 0.1) is 15.9 Å². The number of ether oxygens (including phenoxy) is 1. The number of nitrogens with two attached hydrogens (primary N) is 1. The number of halogens is 2. The number of hydrogen-bond donors (Lipinski definition) is 1. The first-order chi connectivity index (χ1) is 8.12. The van der Waals surface area contributed by atoms with E-state index in [-0.39, 0.29) is 5.56 Å². The number of nitrogens with zero attached hydrogens (tertiary/aromatic N) is 1. The van der Waals surface area contributed by atoms with Crippen molar-refractivity contribution in [3.05, 3.63) is 27.8 Å². The molecule has 0 aliphatic heterocycles. The van der Waals surface area contributed by atoms with Gasteiger partial charge in [-0.25, -0.2) is 13.6 Å². The van der Waals surface area contributed by atoms with E-state index in [2.05, 4.69) is 4.74 Å². The summed E-state index contributed by atoms with van der Waals surface area (Å²) in [6.07, 6.45) is 0. The molecule has 1 aromatic rings. The van der Waals surface area contributed by atoms with Crippen LogP contribution in [0.4, 0.5) is 14.5 Å². The maximum Gasteiger partial charge on any atom is 0.387 e. The van der Waals surface area contributed by atoms with Gasteiger partial charge in [0, 0.05) is 11.6 Å². The summed E-state index contributed by atoms with van der Waals surface area (Å²) in [5.74, 6) is -0.608. The Kier molecular flexibility index (Phi) is 3.82. The standard InChI is InChI=1S/C8H8F2N2O5S/c1-4-6(17-8(9)10)2-5(12(13)14)3-7(4)18(11,15)16/h2-3,8H,1H3,(H2,11,15,16). The van der Waals surface area contributed by atoms with Crippen molar-refractivity contribution in [2.75, 3.05) is 0 Å². The average molecular weight is 282 g/mol. The molecule has 1 aromatic carbocycles. The van der Waals surface area contributed by atoms with Crippen molar-refractivity contribution in [2.45, 2.75) is 18.4 Å². The lowest BCUT2D eigenvalue weighted by Crippen LogP contribution is -2.15. The molecule has 10 heteroatoms. The highest BCUT2D eigenvalue weighted by Crippen LogP contribution is 2.31. The molecule has 0 aliphatic carbocycles. The summed E-state index contributed by atoms with van der Waals surface area (Å²) in [5.41, 5.74) is -0.927. The molecule has 7 nitrogen and oxygen atoms in total. The molecule has 0 atom stereocenters. The Balaban J connectivity index is 3.53. The summed E-state index contributed by atoms with van der Waals surface area (Å²) in [4.78, 5) is 8.99. The molecule has 0 heterocycles. The van der Waals surface area contributed by atoms with E-state index >= 15 is 0 Å². The first-order valence-corrected chi connectivity index (χ1v) is 5.94. The maximum absolute atomic E-state index is 12.1. The minimum Gasteiger partial charge on any atom is -0.434 e. The number of sulfonamides is 1. The van der Waals surface area contributed by atoms with Crippen LogP contribution in [0.2, 0.25) is 0 Å². The van der Waals surface area contributed by atoms with Crippen molar-refractivity contribution in [3.8, 4) is 5.75 Å². The monoisotopic (exact) mass is 282 g/mol. The summed E-state index contributed by atoms with van der Waals surface area (Å²) < 4.78 is 50.5. The smallest absolute Gasteiger partial charge is 0.387 e. The third-order valence-corrected chi connectivity index (χ3v) is 3.07. The molecule has 18 heavy (non-hydrogen) atoms. The Bertz CT molecular complexity index is 587. The van der Waals surface area contributed by atoms with E-state index in [1.165, 1.54) is 0 Å². The first-order valence-electron chi connectivity index (χ1n) is 4.39. The van der Waals surface area contributed by atoms with Gasteiger partial charge < -0.3 is 4.74 Å². The van der Waals surface area contributed by atoms with Crippen LogP contribution in [0.15, 0.2) is 17.0 Å². The molecule has 100 valence electrons. The Morgan fingerprint density at radius 3 is 2.39 bits per heavy atom. The second-order valence-corrected chi connectivity index (χ2v) is 4.78. The van der Waals surface area contributed by atoms with Gasteiger partial charge in [0.15, 0.2) is 0 Å². The molecule has 2 N–H and O–H groups in total. The lowest BCUT2D eigenvalue weighted by molar-refractivity contribution is -0.385. The lowest BCUT2D eigenvalue weighted by Gasteiger charge is -2.10. The van der Waals surface area contributed by atoms with Crippen LogP contribution in [-0.4, -0.2) is 20.0 Å². The largest absolute Gasteiger partial charge is 0.434 e. The van der Waals surface area contributed by atoms with Gasteiger partial charge in [0.2, 0.25) is 10.0 Å². The molecular weight excluding hydrogens is 274 g/mol. The maximum atomic E-state index is 12.1. The Morgan fingerprint density at radius 1 is 1.44 bits per heavy atom. The van der Waals surface area contributed by atoms with Gasteiger partial charge in [0.1, 0.15) is 5.75 Å². The minimum absolute atomic E-state index is 0.219. The highest BCUT2D eigenvalue weighted by atomic mass is 32.2. The molecule has 0 saturated heterocycles. The number of hydrogen-bond acceptors (Lipinski definition) is 5. The summed E-state index contributed by atoms with van der Waals surface area (Å²) >= 11 is 0. The molecule has 0 unspecified atom stereocenters. The number of rotatable bonds is 4. The number of primary sulfonamides is 1. The normalized spacial score (nSPS) is 11.6. The van der Waals surface area contributed by atoms with E-state index in [4.69, 9.17) is 5.14 Å². The number of nitro benzene ring substituents is 1. The van der Waals surface area contributed by atoms with Crippen LogP contribution >= 0.6 is 0 Å². The van der Waals surface area contributed by atoms with Gasteiger partial charge in [0.25, 0.3) is 5.69 Å². The van der Waals surface area contributed by atoms with E-state index in [0.717, 1.165) is 6.92 Å². The zero-order valence-electron chi connectivity index (χ0n) is 8.96. The van der Waals surface area contributed by atoms with Crippen LogP contribution in [0.25, 0.3) is 0 Å². The second-order valence-electron chi connectivity index (χ2n) is 3.25. The molecule has 1 rings (SSSR count). The van der Waals surface area contributed by atoms with E-state index in [1.807, 2.05) is 0 Å². The third-order valence-electron chi connectivity index (χ3n) is 2.03. The third kappa shape index (κ3) is 3.11. The SMILES string of the molecule is Cc1c(OC(F)F)cc([N+](=O)[O-])cc1S(N)(=O)=O. The Labute approximate surface area is 100 Å². The van der Waals surface area contributed by atoms with Crippen molar-refractivity contribution in [3.63, 3.8) is 0 Å². The van der Waals surface area contributed by atoms with Gasteiger partial charge in [-0.1, -0.05) is 0 Å². The van der Waals surface area contributed by atoms with Crippen LogP contribution in [0.3, 0.4) is 0 Å². The van der Waals surface area contributed by atoms with Crippen LogP contribution < -0.4 is 9.88 Å². The number of nitro groups is 1. The second kappa shape index (κ2) is 4.82. The molecule has 0 aliphatic rings. The zero-order chi connectivity index (χ0) is 14.1. The zero-order valence-corrected chi connectivity index (χ0v) is 9.78. The average Bonchev–Trinajstić information content (AvgIpc) is 2.18. The summed E-state index contributed by atoms with van der Waals surface area (Å²) in [5, 5.41) is 15.4. The molecule has 0 aromatic heterocycles. The highest BCUT2D eigenvalue weighted by Gasteiger charge is 2.22. The van der Waals surface area contributed by atoms with Crippen molar-refractivity contribution < 1.29 is 26.9 Å². The Hall–Kier alpha value is -1.81. The van der Waals surface area contributed by atoms with Crippen LogP contribution in [0.1, 0.15) is 5.56 Å². The fourth-order valence-corrected chi connectivity index (χ4v) is 2.08. The molecular formula is C8H8F2N2O5S. The van der Waals surface area contributed by atoms with Crippen molar-refractivity contribution in [2.24, 2.45) is 5.14 Å². The van der Waals surface area contributed by atoms with Crippen molar-refractivity contribution in [1.82, 2.24) is 0 Å². The molecule has 0 bridgehead atoms. The molecule has 0 fully saturated rings. The van der Waals surface area contributed by atoms with Crippen molar-refractivity contribution >= 4 is 15.7 Å². The van der Waals surface area contributed by atoms with E-state index < -0.39 is 37.9 Å². The predicted octanol–water partition coefficient (Wildman–Crippen LogP) is 1.15. The fraction of sp³-hybridized carbons (Fsp3) is 0.250. The molecule has 0 amide bonds. The minimum atomic E-state index is -4.28. The van der Waals surface area contributed by atoms with Crippen LogP contribution in [-0.2, 0) is 10.0 Å². The van der Waals surface area contributed by atoms with E-state index in [1.54, 1.807) is 0 Å².